The lowest BCUT2D eigenvalue weighted by Crippen LogP contribution is -2.27. The van der Waals surface area contributed by atoms with Gasteiger partial charge < -0.3 is 15.5 Å². The van der Waals surface area contributed by atoms with Gasteiger partial charge >= 0.3 is 0 Å². The first kappa shape index (κ1) is 20.0. The first-order valence-electron chi connectivity index (χ1n) is 9.93. The Morgan fingerprint density at radius 3 is 2.83 bits per heavy atom. The molecule has 2 aromatic rings. The number of para-hydroxylation sites is 1. The standard InChI is InChI=1S/C23H24N4O3/c1-2-16-12-15(10-11-28)13-21(22(16)29)27-25-19-9-8-17(14-20(19)26-27)23(30)24-18-6-4-3-5-7-18/h2-9,12-13,16-17,22,28-29H,1,10-11,14H2,(H,24,30). The van der Waals surface area contributed by atoms with Crippen LogP contribution in [-0.2, 0) is 11.2 Å². The van der Waals surface area contributed by atoms with E-state index in [1.165, 1.54) is 4.80 Å². The smallest absolute Gasteiger partial charge is 0.231 e. The van der Waals surface area contributed by atoms with Crippen molar-refractivity contribution in [3.05, 3.63) is 78.2 Å². The molecule has 30 heavy (non-hydrogen) atoms. The van der Waals surface area contributed by atoms with Crippen LogP contribution in [0.3, 0.4) is 0 Å². The van der Waals surface area contributed by atoms with Crippen LogP contribution in [0.5, 0.6) is 0 Å². The van der Waals surface area contributed by atoms with Gasteiger partial charge in [-0.15, -0.1) is 11.7 Å². The fourth-order valence-corrected chi connectivity index (χ4v) is 3.67. The molecular formula is C23H24N4O3. The Hall–Kier alpha value is -3.29. The molecule has 0 radical (unpaired) electrons. The van der Waals surface area contributed by atoms with E-state index in [9.17, 15) is 15.0 Å². The summed E-state index contributed by atoms with van der Waals surface area (Å²) >= 11 is 0. The van der Waals surface area contributed by atoms with Gasteiger partial charge in [-0.05, 0) is 36.3 Å². The number of benzene rings is 1. The molecule has 4 rings (SSSR count). The molecule has 0 fully saturated rings. The summed E-state index contributed by atoms with van der Waals surface area (Å²) in [7, 11) is 0. The van der Waals surface area contributed by atoms with Crippen molar-refractivity contribution in [3.63, 3.8) is 0 Å². The molecule has 2 aliphatic rings. The molecule has 154 valence electrons. The van der Waals surface area contributed by atoms with Crippen LogP contribution >= 0.6 is 0 Å². The minimum Gasteiger partial charge on any atom is -0.396 e. The van der Waals surface area contributed by atoms with Crippen LogP contribution in [0.4, 0.5) is 5.69 Å². The molecule has 7 heteroatoms. The maximum Gasteiger partial charge on any atom is 0.231 e. The average molecular weight is 404 g/mol. The molecule has 7 nitrogen and oxygen atoms in total. The van der Waals surface area contributed by atoms with Gasteiger partial charge in [-0.25, -0.2) is 0 Å². The number of allylic oxidation sites excluding steroid dienone is 1. The van der Waals surface area contributed by atoms with Crippen LogP contribution < -0.4 is 5.32 Å². The number of nitrogens with zero attached hydrogens (tertiary/aromatic N) is 3. The molecule has 1 aromatic carbocycles. The van der Waals surface area contributed by atoms with Crippen molar-refractivity contribution in [2.24, 2.45) is 11.8 Å². The van der Waals surface area contributed by atoms with Crippen molar-refractivity contribution in [1.82, 2.24) is 15.0 Å². The van der Waals surface area contributed by atoms with Gasteiger partial charge in [0.25, 0.3) is 0 Å². The Bertz CT molecular complexity index is 1040. The first-order chi connectivity index (χ1) is 14.6. The zero-order valence-corrected chi connectivity index (χ0v) is 16.5. The molecular weight excluding hydrogens is 380 g/mol. The summed E-state index contributed by atoms with van der Waals surface area (Å²) in [6.07, 6.45) is 9.06. The summed E-state index contributed by atoms with van der Waals surface area (Å²) in [6.45, 7) is 3.80. The number of aliphatic hydroxyl groups excluding tert-OH is 2. The third-order valence-corrected chi connectivity index (χ3v) is 5.30. The number of aliphatic hydroxyl groups is 2. The fraction of sp³-hybridized carbons (Fsp3) is 0.261. The van der Waals surface area contributed by atoms with Crippen molar-refractivity contribution in [1.29, 1.82) is 0 Å². The van der Waals surface area contributed by atoms with E-state index in [4.69, 9.17) is 0 Å². The Labute approximate surface area is 174 Å². The number of carbonyl (C=O) groups is 1. The summed E-state index contributed by atoms with van der Waals surface area (Å²) < 4.78 is 0. The van der Waals surface area contributed by atoms with Crippen molar-refractivity contribution in [3.8, 4) is 0 Å². The molecule has 3 atom stereocenters. The molecule has 0 spiro atoms. The second-order valence-electron chi connectivity index (χ2n) is 7.39. The van der Waals surface area contributed by atoms with E-state index in [-0.39, 0.29) is 24.3 Å². The first-order valence-corrected chi connectivity index (χ1v) is 9.93. The Morgan fingerprint density at radius 1 is 1.30 bits per heavy atom. The summed E-state index contributed by atoms with van der Waals surface area (Å²) in [5.41, 5.74) is 3.56. The predicted octanol–water partition coefficient (Wildman–Crippen LogP) is 2.43. The monoisotopic (exact) mass is 404 g/mol. The van der Waals surface area contributed by atoms with Crippen LogP contribution in [-0.4, -0.2) is 43.8 Å². The van der Waals surface area contributed by atoms with Gasteiger partial charge in [0.15, 0.2) is 0 Å². The average Bonchev–Trinajstić information content (AvgIpc) is 3.18. The van der Waals surface area contributed by atoms with E-state index >= 15 is 0 Å². The molecule has 1 heterocycles. The fourth-order valence-electron chi connectivity index (χ4n) is 3.67. The van der Waals surface area contributed by atoms with Crippen molar-refractivity contribution < 1.29 is 15.0 Å². The summed E-state index contributed by atoms with van der Waals surface area (Å²) in [4.78, 5) is 14.1. The van der Waals surface area contributed by atoms with Gasteiger partial charge in [0.1, 0.15) is 11.8 Å². The van der Waals surface area contributed by atoms with E-state index in [1.807, 2.05) is 42.5 Å². The van der Waals surface area contributed by atoms with E-state index in [0.717, 1.165) is 11.3 Å². The Balaban J connectivity index is 1.54. The lowest BCUT2D eigenvalue weighted by atomic mass is 9.90. The molecule has 0 saturated carbocycles. The van der Waals surface area contributed by atoms with Crippen LogP contribution in [0.1, 0.15) is 17.8 Å². The number of fused-ring (bicyclic) bond motifs is 1. The van der Waals surface area contributed by atoms with Crippen molar-refractivity contribution in [2.75, 3.05) is 11.9 Å². The molecule has 1 amide bonds. The van der Waals surface area contributed by atoms with Gasteiger partial charge in [-0.1, -0.05) is 36.4 Å². The summed E-state index contributed by atoms with van der Waals surface area (Å²) in [6, 6.07) is 9.32. The molecule has 3 unspecified atom stereocenters. The normalized spacial score (nSPS) is 22.7. The third-order valence-electron chi connectivity index (χ3n) is 5.30. The van der Waals surface area contributed by atoms with E-state index in [2.05, 4.69) is 22.1 Å². The molecule has 0 saturated heterocycles. The van der Waals surface area contributed by atoms with Crippen LogP contribution in [0, 0.1) is 11.8 Å². The number of aromatic nitrogens is 3. The van der Waals surface area contributed by atoms with Crippen LogP contribution in [0.2, 0.25) is 0 Å². The number of anilines is 1. The van der Waals surface area contributed by atoms with Gasteiger partial charge in [-0.3, -0.25) is 4.79 Å². The number of nitrogens with one attached hydrogen (secondary N) is 1. The van der Waals surface area contributed by atoms with E-state index in [1.54, 1.807) is 18.2 Å². The lowest BCUT2D eigenvalue weighted by molar-refractivity contribution is -0.118. The number of rotatable bonds is 6. The van der Waals surface area contributed by atoms with E-state index in [0.29, 0.717) is 29.9 Å². The minimum absolute atomic E-state index is 0.0134. The highest BCUT2D eigenvalue weighted by atomic mass is 16.3. The number of hydrogen-bond acceptors (Lipinski definition) is 5. The number of hydrogen-bond donors (Lipinski definition) is 3. The Kier molecular flexibility index (Phi) is 5.74. The van der Waals surface area contributed by atoms with Crippen molar-refractivity contribution >= 4 is 23.4 Å². The summed E-state index contributed by atoms with van der Waals surface area (Å²) in [5.74, 6) is -0.733. The van der Waals surface area contributed by atoms with Gasteiger partial charge in [0, 0.05) is 24.6 Å². The van der Waals surface area contributed by atoms with Crippen LogP contribution in [0.15, 0.2) is 66.8 Å². The second kappa shape index (κ2) is 8.61. The highest BCUT2D eigenvalue weighted by molar-refractivity contribution is 5.94. The molecule has 1 aromatic heterocycles. The molecule has 0 bridgehead atoms. The lowest BCUT2D eigenvalue weighted by Gasteiger charge is -2.24. The minimum atomic E-state index is -0.833. The molecule has 3 N–H and O–H groups in total. The van der Waals surface area contributed by atoms with Crippen molar-refractivity contribution in [2.45, 2.75) is 18.9 Å². The highest BCUT2D eigenvalue weighted by Crippen LogP contribution is 2.29. The largest absolute Gasteiger partial charge is 0.396 e. The SMILES string of the molecule is C=CC1C=C(CCO)C=C(n2nc3c(n2)CC(C(=O)Nc2ccccc2)C=C3)C1O. The second-order valence-corrected chi connectivity index (χ2v) is 7.39. The van der Waals surface area contributed by atoms with E-state index < -0.39 is 6.10 Å². The quantitative estimate of drug-likeness (QED) is 0.642. The zero-order chi connectivity index (χ0) is 21.1. The summed E-state index contributed by atoms with van der Waals surface area (Å²) in [5, 5.41) is 31.9. The maximum atomic E-state index is 12.6. The van der Waals surface area contributed by atoms with Gasteiger partial charge in [0.2, 0.25) is 5.91 Å². The Morgan fingerprint density at radius 2 is 2.10 bits per heavy atom. The highest BCUT2D eigenvalue weighted by Gasteiger charge is 2.29. The topological polar surface area (TPSA) is 100 Å². The predicted molar refractivity (Wildman–Crippen MR) is 115 cm³/mol. The van der Waals surface area contributed by atoms with Gasteiger partial charge in [-0.2, -0.15) is 9.90 Å². The zero-order valence-electron chi connectivity index (χ0n) is 16.5. The number of amides is 1. The van der Waals surface area contributed by atoms with Gasteiger partial charge in [0.05, 0.1) is 17.3 Å². The van der Waals surface area contributed by atoms with Crippen LogP contribution in [0.25, 0.3) is 11.8 Å². The molecule has 2 aliphatic carbocycles. The molecule has 0 aliphatic heterocycles. The number of carbonyl (C=O) groups excluding carboxylic acids is 1. The third kappa shape index (κ3) is 4.03. The maximum absolute atomic E-state index is 12.6.